The second-order valence-electron chi connectivity index (χ2n) is 18.7. The van der Waals surface area contributed by atoms with Crippen LogP contribution in [0.5, 0.6) is 0 Å². The molecule has 9 amide bonds. The van der Waals surface area contributed by atoms with Gasteiger partial charge in [0.05, 0.1) is 13.2 Å². The summed E-state index contributed by atoms with van der Waals surface area (Å²) in [5, 5.41) is 34.3. The topological polar surface area (TPSA) is 422 Å². The second kappa shape index (κ2) is 29.1. The first-order chi connectivity index (χ1) is 36.4. The van der Waals surface area contributed by atoms with E-state index < -0.39 is 109 Å². The monoisotopic (exact) mass is 1060 g/mol. The first-order valence-electron chi connectivity index (χ1n) is 25.3. The first-order valence-corrected chi connectivity index (χ1v) is 25.3. The predicted octanol–water partition coefficient (Wildman–Crippen LogP) is -3.94. The van der Waals surface area contributed by atoms with Crippen LogP contribution in [0.2, 0.25) is 0 Å². The third-order valence-corrected chi connectivity index (χ3v) is 13.2. The Kier molecular flexibility index (Phi) is 22.5. The summed E-state index contributed by atoms with van der Waals surface area (Å²) in [6.07, 6.45) is 2.67. The highest BCUT2D eigenvalue weighted by atomic mass is 16.4. The number of carbonyl (C=O) groups excluding carboxylic acids is 8. The molecule has 0 radical (unpaired) electrons. The number of aliphatic carboxylic acids is 1. The van der Waals surface area contributed by atoms with Crippen molar-refractivity contribution in [2.24, 2.45) is 38.8 Å². The molecule has 3 aliphatic rings. The van der Waals surface area contributed by atoms with E-state index in [1.54, 1.807) is 60.7 Å². The van der Waals surface area contributed by atoms with Crippen LogP contribution in [0, 0.1) is 0 Å². The molecule has 0 aliphatic carbocycles. The van der Waals surface area contributed by atoms with Gasteiger partial charge in [-0.05, 0) is 68.9 Å². The van der Waals surface area contributed by atoms with Crippen molar-refractivity contribution in [3.05, 3.63) is 71.8 Å². The molecule has 27 nitrogen and oxygen atoms in total. The zero-order valence-corrected chi connectivity index (χ0v) is 42.4. The predicted molar refractivity (Wildman–Crippen MR) is 276 cm³/mol. The number of guanidine groups is 2. The summed E-state index contributed by atoms with van der Waals surface area (Å²) in [6, 6.07) is 8.24. The lowest BCUT2D eigenvalue weighted by molar-refractivity contribution is -0.144. The van der Waals surface area contributed by atoms with E-state index in [1.807, 2.05) is 0 Å². The number of carboxylic acid groups (broad SMARTS) is 1. The van der Waals surface area contributed by atoms with Crippen molar-refractivity contribution in [2.45, 2.75) is 113 Å². The van der Waals surface area contributed by atoms with E-state index in [9.17, 15) is 53.4 Å². The van der Waals surface area contributed by atoms with Gasteiger partial charge in [-0.25, -0.2) is 15.4 Å². The fraction of sp³-hybridized carbons (Fsp3) is 0.531. The molecule has 7 atom stereocenters. The molecule has 5 rings (SSSR count). The number of hydrazine groups is 1. The van der Waals surface area contributed by atoms with Crippen LogP contribution in [0.4, 0.5) is 4.79 Å². The molecule has 27 heteroatoms. The van der Waals surface area contributed by atoms with Crippen molar-refractivity contribution in [3.63, 3.8) is 0 Å². The smallest absolute Gasteiger partial charge is 0.334 e. The maximum atomic E-state index is 14.1. The number of urea groups is 1. The fourth-order valence-electron chi connectivity index (χ4n) is 9.37. The molecule has 0 unspecified atom stereocenters. The molecule has 414 valence electrons. The van der Waals surface area contributed by atoms with Gasteiger partial charge in [-0.15, -0.1) is 0 Å². The van der Waals surface area contributed by atoms with Crippen LogP contribution in [-0.2, 0) is 51.2 Å². The zero-order valence-electron chi connectivity index (χ0n) is 42.4. The van der Waals surface area contributed by atoms with Crippen molar-refractivity contribution < 1.29 is 53.4 Å². The molecule has 0 saturated carbocycles. The minimum Gasteiger partial charge on any atom is -0.480 e. The van der Waals surface area contributed by atoms with Crippen molar-refractivity contribution in [3.8, 4) is 0 Å². The van der Waals surface area contributed by atoms with E-state index in [1.165, 1.54) is 14.7 Å². The molecular formula is C49H72N16O11. The highest BCUT2D eigenvalue weighted by molar-refractivity contribution is 5.98. The largest absolute Gasteiger partial charge is 0.480 e. The van der Waals surface area contributed by atoms with Crippen LogP contribution in [0.1, 0.15) is 68.9 Å². The quantitative estimate of drug-likeness (QED) is 0.0107. The molecular weight excluding hydrogens is 989 g/mol. The number of aliphatic hydroxyl groups is 1. The SMILES string of the molecule is NC(N)=NCCC[C@H](NC(=O)[C@H](Cc1ccccc1)NC(=O)[C@@H]1CCCN1C(=O)[C@H](CO)NC(=O)[C@H](Cc1ccccc1)NC(=O)CNC(=O)[C@@H]1CCCN1C(=O)[C@@H]1CCCN1C(=O)N(N)CCCN=C(N)N)C(=O)O. The van der Waals surface area contributed by atoms with Crippen LogP contribution >= 0.6 is 0 Å². The van der Waals surface area contributed by atoms with E-state index in [0.717, 1.165) is 5.01 Å². The minimum atomic E-state index is -1.59. The van der Waals surface area contributed by atoms with Gasteiger partial charge in [0.1, 0.15) is 42.3 Å². The van der Waals surface area contributed by atoms with Crippen molar-refractivity contribution in [2.75, 3.05) is 52.4 Å². The molecule has 0 bridgehead atoms. The Morgan fingerprint density at radius 3 is 1.67 bits per heavy atom. The number of rotatable bonds is 26. The summed E-state index contributed by atoms with van der Waals surface area (Å²) < 4.78 is 0. The van der Waals surface area contributed by atoms with Crippen LogP contribution in [0.25, 0.3) is 0 Å². The van der Waals surface area contributed by atoms with Gasteiger partial charge >= 0.3 is 12.0 Å². The average Bonchev–Trinajstić information content (AvgIpc) is 4.22. The maximum absolute atomic E-state index is 14.1. The standard InChI is InChI=1S/C49H72N16O11/c50-47(51)55-20-7-16-32(46(74)75)59-41(69)34(27-31-14-5-2-6-15-31)60-43(71)37-18-9-22-62(37)44(72)35(29-66)61-40(68)33(26-30-12-3-1-4-13-30)58-39(67)28-57-42(70)36-17-8-23-63(36)45(73)38-19-10-24-64(38)49(76)65(54)25-11-21-56-48(52)53/h1-6,12-15,32-38,66H,7-11,16-29,54H2,(H,57,70)(H,58,67)(H,59,69)(H,60,71)(H,61,68)(H,74,75)(H4,50,51,55)(H4,52,53,56)/t32-,33-,34-,35-,36-,37-,38-/m0/s1. The Hall–Kier alpha value is -8.07. The lowest BCUT2D eigenvalue weighted by atomic mass is 10.0. The van der Waals surface area contributed by atoms with Gasteiger partial charge in [0, 0.05) is 52.1 Å². The minimum absolute atomic E-state index is 0.0219. The number of hydrogen-bond donors (Lipinski definition) is 12. The summed E-state index contributed by atoms with van der Waals surface area (Å²) >= 11 is 0. The molecule has 0 spiro atoms. The summed E-state index contributed by atoms with van der Waals surface area (Å²) in [5.41, 5.74) is 22.7. The molecule has 2 aromatic rings. The number of carbonyl (C=O) groups is 9. The summed E-state index contributed by atoms with van der Waals surface area (Å²) in [5.74, 6) is -0.578. The number of aliphatic hydroxyl groups excluding tert-OH is 1. The van der Waals surface area contributed by atoms with Gasteiger partial charge in [-0.1, -0.05) is 60.7 Å². The first kappa shape index (κ1) is 58.8. The number of nitrogens with one attached hydrogen (secondary N) is 5. The molecule has 0 aromatic heterocycles. The summed E-state index contributed by atoms with van der Waals surface area (Å²) in [7, 11) is 0. The van der Waals surface area contributed by atoms with E-state index in [2.05, 4.69) is 36.6 Å². The molecule has 2 aromatic carbocycles. The van der Waals surface area contributed by atoms with Gasteiger partial charge in [-0.3, -0.25) is 48.6 Å². The fourth-order valence-corrected chi connectivity index (χ4v) is 9.37. The molecule has 3 fully saturated rings. The van der Waals surface area contributed by atoms with Gasteiger partial charge in [0.2, 0.25) is 41.4 Å². The van der Waals surface area contributed by atoms with Crippen molar-refractivity contribution in [1.82, 2.24) is 46.3 Å². The van der Waals surface area contributed by atoms with Gasteiger partial charge in [0.15, 0.2) is 11.9 Å². The molecule has 3 saturated heterocycles. The molecule has 76 heavy (non-hydrogen) atoms. The van der Waals surface area contributed by atoms with E-state index in [-0.39, 0.29) is 83.3 Å². The number of aliphatic imine (C=N–C) groups is 2. The normalized spacial score (nSPS) is 18.5. The number of benzene rings is 2. The third kappa shape index (κ3) is 17.3. The lowest BCUT2D eigenvalue weighted by Gasteiger charge is -2.32. The highest BCUT2D eigenvalue weighted by Gasteiger charge is 2.44. The molecule has 3 aliphatic heterocycles. The number of amides is 9. The average molecular weight is 1060 g/mol. The second-order valence-corrected chi connectivity index (χ2v) is 18.7. The van der Waals surface area contributed by atoms with Gasteiger partial charge in [-0.2, -0.15) is 0 Å². The Morgan fingerprint density at radius 1 is 0.618 bits per heavy atom. The van der Waals surface area contributed by atoms with Gasteiger partial charge in [0.25, 0.3) is 0 Å². The number of carboxylic acids is 1. The van der Waals surface area contributed by atoms with E-state index in [4.69, 9.17) is 28.8 Å². The van der Waals surface area contributed by atoms with E-state index >= 15 is 0 Å². The van der Waals surface area contributed by atoms with Crippen LogP contribution in [0.15, 0.2) is 70.6 Å². The Balaban J connectivity index is 1.21. The van der Waals surface area contributed by atoms with E-state index in [0.29, 0.717) is 49.7 Å². The highest BCUT2D eigenvalue weighted by Crippen LogP contribution is 2.26. The van der Waals surface area contributed by atoms with Crippen molar-refractivity contribution >= 4 is 65.3 Å². The van der Waals surface area contributed by atoms with Crippen LogP contribution < -0.4 is 55.4 Å². The Morgan fingerprint density at radius 2 is 1.12 bits per heavy atom. The maximum Gasteiger partial charge on any atom is 0.334 e. The molecule has 17 N–H and O–H groups in total. The Labute approximate surface area is 439 Å². The lowest BCUT2D eigenvalue weighted by Crippen LogP contribution is -2.60. The van der Waals surface area contributed by atoms with Gasteiger partial charge < -0.3 is 74.4 Å². The summed E-state index contributed by atoms with van der Waals surface area (Å²) in [4.78, 5) is 134. The number of nitrogens with zero attached hydrogens (tertiary/aromatic N) is 6. The summed E-state index contributed by atoms with van der Waals surface area (Å²) in [6.45, 7) is -0.420. The number of likely N-dealkylation sites (tertiary alicyclic amines) is 3. The number of hydrogen-bond acceptors (Lipinski definition) is 13. The van der Waals surface area contributed by atoms with Crippen molar-refractivity contribution in [1.29, 1.82) is 0 Å². The zero-order chi connectivity index (χ0) is 55.3. The van der Waals surface area contributed by atoms with Crippen LogP contribution in [0.3, 0.4) is 0 Å². The van der Waals surface area contributed by atoms with Crippen LogP contribution in [-0.4, -0.2) is 190 Å². The third-order valence-electron chi connectivity index (χ3n) is 13.2. The molecule has 3 heterocycles. The Bertz CT molecular complexity index is 2410. The number of nitrogens with two attached hydrogens (primary N) is 5.